The SMILES string of the molecule is CCc1c(C(=O)OC(C)(C)C)[nH]c(CNc2ccc(OC)cc2)c1C(=O)NCc1cc(C2CC2)[nH]n1.O=C(O)C(F)(F)F.O=C(O)C(F)(F)F. The lowest BCUT2D eigenvalue weighted by Gasteiger charge is -2.19. The van der Waals surface area contributed by atoms with Crippen LogP contribution in [-0.4, -0.2) is 74.3 Å². The number of aromatic nitrogens is 3. The van der Waals surface area contributed by atoms with Crippen LogP contribution in [0.4, 0.5) is 32.0 Å². The van der Waals surface area contributed by atoms with Crippen LogP contribution in [0.3, 0.4) is 0 Å². The third-order valence-electron chi connectivity index (χ3n) is 6.51. The standard InChI is InChI=1S/C27H35N5O4.2C2HF3O2/c1-6-20-23(25(33)29-14-18-13-21(32-31-18)16-7-8-16)22(30-24(20)26(34)36-27(2,3)4)15-28-17-9-11-19(35-5)12-10-17;2*3-2(4,5)1(6)7/h9-13,16,28,30H,6-8,14-15H2,1-5H3,(H,29,33)(H,31,32);2*(H,6,7). The molecule has 1 fully saturated rings. The Morgan fingerprint density at radius 3 is 1.92 bits per heavy atom. The summed E-state index contributed by atoms with van der Waals surface area (Å²) in [5.41, 5.74) is 4.11. The number of nitrogens with zero attached hydrogens (tertiary/aromatic N) is 1. The Balaban J connectivity index is 0.000000521. The molecule has 3 aromatic rings. The molecule has 1 amide bonds. The van der Waals surface area contributed by atoms with Crippen molar-refractivity contribution >= 4 is 29.5 Å². The van der Waals surface area contributed by atoms with Gasteiger partial charge in [-0.1, -0.05) is 6.92 Å². The van der Waals surface area contributed by atoms with Crippen LogP contribution in [0.25, 0.3) is 0 Å². The second kappa shape index (κ2) is 16.9. The van der Waals surface area contributed by atoms with Gasteiger partial charge in [0, 0.05) is 23.0 Å². The first kappa shape index (κ1) is 40.9. The van der Waals surface area contributed by atoms with Crippen LogP contribution in [0.2, 0.25) is 0 Å². The van der Waals surface area contributed by atoms with E-state index >= 15 is 0 Å². The second-order valence-corrected chi connectivity index (χ2v) is 11.6. The monoisotopic (exact) mass is 721 g/mol. The molecule has 4 rings (SSSR count). The van der Waals surface area contributed by atoms with Gasteiger partial charge in [-0.15, -0.1) is 0 Å². The normalized spacial score (nSPS) is 12.8. The van der Waals surface area contributed by atoms with Crippen molar-refractivity contribution in [1.82, 2.24) is 20.5 Å². The number of benzene rings is 1. The molecule has 276 valence electrons. The van der Waals surface area contributed by atoms with E-state index in [-0.39, 0.29) is 5.91 Å². The van der Waals surface area contributed by atoms with Gasteiger partial charge < -0.3 is 35.3 Å². The van der Waals surface area contributed by atoms with Crippen LogP contribution in [0, 0.1) is 0 Å². The zero-order chi connectivity index (χ0) is 38.0. The first-order valence-electron chi connectivity index (χ1n) is 14.8. The molecule has 0 spiro atoms. The zero-order valence-electron chi connectivity index (χ0n) is 27.6. The fourth-order valence-corrected chi connectivity index (χ4v) is 4.09. The molecular formula is C31H37F6N5O8. The molecule has 50 heavy (non-hydrogen) atoms. The fraction of sp³-hybridized carbons (Fsp3) is 0.452. The number of hydrogen-bond donors (Lipinski definition) is 6. The van der Waals surface area contributed by atoms with Gasteiger partial charge in [-0.2, -0.15) is 31.4 Å². The van der Waals surface area contributed by atoms with E-state index in [2.05, 4.69) is 25.8 Å². The number of carboxylic acid groups (broad SMARTS) is 2. The first-order valence-corrected chi connectivity index (χ1v) is 14.8. The Kier molecular flexibility index (Phi) is 13.9. The van der Waals surface area contributed by atoms with Crippen LogP contribution >= 0.6 is 0 Å². The fourth-order valence-electron chi connectivity index (χ4n) is 4.09. The summed E-state index contributed by atoms with van der Waals surface area (Å²) in [7, 11) is 1.62. The summed E-state index contributed by atoms with van der Waals surface area (Å²) >= 11 is 0. The number of carboxylic acids is 2. The number of ether oxygens (including phenoxy) is 2. The van der Waals surface area contributed by atoms with Gasteiger partial charge in [-0.05, 0) is 75.9 Å². The van der Waals surface area contributed by atoms with E-state index in [0.29, 0.717) is 47.9 Å². The molecule has 1 aliphatic rings. The van der Waals surface area contributed by atoms with Crippen molar-refractivity contribution in [2.45, 2.75) is 83.9 Å². The van der Waals surface area contributed by atoms with Gasteiger partial charge in [0.05, 0.1) is 31.5 Å². The summed E-state index contributed by atoms with van der Waals surface area (Å²) in [5, 5.41) is 27.9. The number of carbonyl (C=O) groups excluding carboxylic acids is 2. The van der Waals surface area contributed by atoms with E-state index in [1.165, 1.54) is 12.8 Å². The molecule has 1 aromatic carbocycles. The van der Waals surface area contributed by atoms with Crippen molar-refractivity contribution in [3.63, 3.8) is 0 Å². The lowest BCUT2D eigenvalue weighted by Crippen LogP contribution is -2.26. The maximum absolute atomic E-state index is 13.4. The van der Waals surface area contributed by atoms with Crippen LogP contribution in [0.15, 0.2) is 30.3 Å². The number of methoxy groups -OCH3 is 1. The summed E-state index contributed by atoms with van der Waals surface area (Å²) < 4.78 is 74.3. The number of esters is 1. The van der Waals surface area contributed by atoms with E-state index in [4.69, 9.17) is 29.3 Å². The number of halogens is 6. The third kappa shape index (κ3) is 13.0. The number of H-pyrrole nitrogens is 2. The molecule has 0 aliphatic heterocycles. The van der Waals surface area contributed by atoms with Crippen molar-refractivity contribution in [2.24, 2.45) is 0 Å². The van der Waals surface area contributed by atoms with Crippen LogP contribution in [-0.2, 0) is 33.8 Å². The van der Waals surface area contributed by atoms with Gasteiger partial charge in [0.15, 0.2) is 0 Å². The molecule has 0 radical (unpaired) electrons. The van der Waals surface area contributed by atoms with Crippen molar-refractivity contribution in [2.75, 3.05) is 12.4 Å². The molecule has 0 unspecified atom stereocenters. The summed E-state index contributed by atoms with van der Waals surface area (Å²) in [5.74, 6) is -4.94. The molecular weight excluding hydrogens is 684 g/mol. The Hall–Kier alpha value is -5.23. The molecule has 6 N–H and O–H groups in total. The minimum atomic E-state index is -5.08. The smallest absolute Gasteiger partial charge is 0.490 e. The Morgan fingerprint density at radius 1 is 0.940 bits per heavy atom. The maximum Gasteiger partial charge on any atom is 0.490 e. The van der Waals surface area contributed by atoms with Gasteiger partial charge in [-0.25, -0.2) is 14.4 Å². The van der Waals surface area contributed by atoms with Crippen molar-refractivity contribution in [3.8, 4) is 5.75 Å². The van der Waals surface area contributed by atoms with Gasteiger partial charge in [-0.3, -0.25) is 9.89 Å². The first-order chi connectivity index (χ1) is 23.1. The van der Waals surface area contributed by atoms with Crippen molar-refractivity contribution in [3.05, 3.63) is 64.2 Å². The van der Waals surface area contributed by atoms with Gasteiger partial charge in [0.25, 0.3) is 5.91 Å². The van der Waals surface area contributed by atoms with E-state index < -0.39 is 35.9 Å². The van der Waals surface area contributed by atoms with Crippen LogP contribution in [0.5, 0.6) is 5.75 Å². The number of carbonyl (C=O) groups is 4. The van der Waals surface area contributed by atoms with Crippen molar-refractivity contribution in [1.29, 1.82) is 0 Å². The van der Waals surface area contributed by atoms with E-state index in [9.17, 15) is 35.9 Å². The molecule has 2 aromatic heterocycles. The summed E-state index contributed by atoms with van der Waals surface area (Å²) in [6.07, 6.45) is -7.32. The minimum absolute atomic E-state index is 0.264. The average Bonchev–Trinajstić information content (AvgIpc) is 3.63. The van der Waals surface area contributed by atoms with E-state index in [0.717, 1.165) is 22.8 Å². The number of amides is 1. The molecule has 0 bridgehead atoms. The zero-order valence-corrected chi connectivity index (χ0v) is 27.6. The highest BCUT2D eigenvalue weighted by atomic mass is 19.4. The molecule has 19 heteroatoms. The predicted molar refractivity (Wildman–Crippen MR) is 165 cm³/mol. The van der Waals surface area contributed by atoms with Gasteiger partial charge in [0.1, 0.15) is 17.0 Å². The lowest BCUT2D eigenvalue weighted by atomic mass is 10.0. The highest BCUT2D eigenvalue weighted by Gasteiger charge is 2.39. The molecule has 13 nitrogen and oxygen atoms in total. The number of alkyl halides is 6. The minimum Gasteiger partial charge on any atom is -0.497 e. The Labute approximate surface area is 281 Å². The van der Waals surface area contributed by atoms with E-state index in [1.54, 1.807) is 7.11 Å². The molecule has 1 saturated carbocycles. The summed E-state index contributed by atoms with van der Waals surface area (Å²) in [4.78, 5) is 47.4. The number of nitrogens with one attached hydrogen (secondary N) is 4. The highest BCUT2D eigenvalue weighted by molar-refractivity contribution is 6.01. The molecule has 2 heterocycles. The number of aliphatic carboxylic acids is 2. The Bertz CT molecular complexity index is 1600. The van der Waals surface area contributed by atoms with Gasteiger partial charge in [0.2, 0.25) is 0 Å². The van der Waals surface area contributed by atoms with Crippen molar-refractivity contribution < 1.29 is 65.2 Å². The molecule has 0 atom stereocenters. The van der Waals surface area contributed by atoms with Gasteiger partial charge >= 0.3 is 30.3 Å². The second-order valence-electron chi connectivity index (χ2n) is 11.6. The number of aromatic amines is 2. The number of anilines is 1. The van der Waals surface area contributed by atoms with Crippen LogP contribution in [0.1, 0.15) is 89.9 Å². The van der Waals surface area contributed by atoms with Crippen LogP contribution < -0.4 is 15.4 Å². The highest BCUT2D eigenvalue weighted by Crippen LogP contribution is 2.39. The lowest BCUT2D eigenvalue weighted by molar-refractivity contribution is -0.193. The summed E-state index contributed by atoms with van der Waals surface area (Å²) in [6.45, 7) is 7.99. The summed E-state index contributed by atoms with van der Waals surface area (Å²) in [6, 6.07) is 9.51. The quantitative estimate of drug-likeness (QED) is 0.108. The topological polar surface area (TPSA) is 196 Å². The molecule has 0 saturated heterocycles. The van der Waals surface area contributed by atoms with E-state index in [1.807, 2.05) is 58.0 Å². The third-order valence-corrected chi connectivity index (χ3v) is 6.51. The Morgan fingerprint density at radius 2 is 1.48 bits per heavy atom. The number of hydrogen-bond acceptors (Lipinski definition) is 8. The average molecular weight is 722 g/mol. The maximum atomic E-state index is 13.4. The molecule has 1 aliphatic carbocycles. The largest absolute Gasteiger partial charge is 0.497 e. The predicted octanol–water partition coefficient (Wildman–Crippen LogP) is 5.95. The number of rotatable bonds is 10.